The average molecular weight is 420 g/mol. The standard InChI is InChI=1S/C20H25N3O3S2/c1-3-12-23(20-21-18(15-27-20)16-8-6-5-7-9-16)19(24)17-10-13-22(14-11-17)28(25,26)4-2/h3,5-9,15,17H,1,4,10-14H2,2H3. The molecule has 2 aromatic rings. The van der Waals surface area contributed by atoms with E-state index in [9.17, 15) is 13.2 Å². The number of sulfonamides is 1. The highest BCUT2D eigenvalue weighted by Crippen LogP contribution is 2.30. The van der Waals surface area contributed by atoms with Crippen molar-refractivity contribution in [1.82, 2.24) is 9.29 Å². The summed E-state index contributed by atoms with van der Waals surface area (Å²) in [6.45, 7) is 6.58. The van der Waals surface area contributed by atoms with Gasteiger partial charge in [-0.25, -0.2) is 17.7 Å². The molecule has 28 heavy (non-hydrogen) atoms. The van der Waals surface area contributed by atoms with E-state index in [4.69, 9.17) is 0 Å². The van der Waals surface area contributed by atoms with E-state index in [1.165, 1.54) is 15.6 Å². The Morgan fingerprint density at radius 2 is 2.00 bits per heavy atom. The first-order chi connectivity index (χ1) is 13.5. The summed E-state index contributed by atoms with van der Waals surface area (Å²) in [5, 5.41) is 2.59. The molecule has 1 aromatic heterocycles. The number of carbonyl (C=O) groups is 1. The number of amides is 1. The van der Waals surface area contributed by atoms with Crippen LogP contribution in [-0.4, -0.2) is 49.0 Å². The van der Waals surface area contributed by atoms with Crippen LogP contribution in [0.15, 0.2) is 48.4 Å². The van der Waals surface area contributed by atoms with E-state index < -0.39 is 10.0 Å². The smallest absolute Gasteiger partial charge is 0.232 e. The van der Waals surface area contributed by atoms with Gasteiger partial charge in [0.25, 0.3) is 0 Å². The van der Waals surface area contributed by atoms with Gasteiger partial charge in [0.15, 0.2) is 5.13 Å². The molecule has 1 aliphatic rings. The van der Waals surface area contributed by atoms with Crippen LogP contribution in [0.4, 0.5) is 5.13 Å². The van der Waals surface area contributed by atoms with Gasteiger partial charge in [-0.2, -0.15) is 0 Å². The van der Waals surface area contributed by atoms with Crippen molar-refractivity contribution in [1.29, 1.82) is 0 Å². The number of rotatable bonds is 7. The van der Waals surface area contributed by atoms with E-state index in [0.717, 1.165) is 11.3 Å². The number of thiazole rings is 1. The maximum atomic E-state index is 13.1. The Morgan fingerprint density at radius 1 is 1.32 bits per heavy atom. The number of piperidine rings is 1. The molecule has 0 spiro atoms. The maximum absolute atomic E-state index is 13.1. The predicted molar refractivity (Wildman–Crippen MR) is 114 cm³/mol. The van der Waals surface area contributed by atoms with Crippen LogP contribution in [0.1, 0.15) is 19.8 Å². The zero-order chi connectivity index (χ0) is 20.1. The lowest BCUT2D eigenvalue weighted by atomic mass is 9.96. The van der Waals surface area contributed by atoms with Crippen molar-refractivity contribution in [3.05, 3.63) is 48.4 Å². The van der Waals surface area contributed by atoms with Gasteiger partial charge in [0.1, 0.15) is 0 Å². The molecule has 0 unspecified atom stereocenters. The molecule has 1 aromatic carbocycles. The van der Waals surface area contributed by atoms with Gasteiger partial charge in [0.05, 0.1) is 11.4 Å². The molecule has 1 fully saturated rings. The van der Waals surface area contributed by atoms with Gasteiger partial charge in [0, 0.05) is 36.5 Å². The summed E-state index contributed by atoms with van der Waals surface area (Å²) in [6, 6.07) is 9.85. The van der Waals surface area contributed by atoms with Crippen molar-refractivity contribution in [2.75, 3.05) is 30.3 Å². The van der Waals surface area contributed by atoms with Crippen LogP contribution >= 0.6 is 11.3 Å². The third-order valence-electron chi connectivity index (χ3n) is 4.93. The Morgan fingerprint density at radius 3 is 2.61 bits per heavy atom. The quantitative estimate of drug-likeness (QED) is 0.645. The minimum atomic E-state index is -3.20. The molecule has 0 saturated carbocycles. The maximum Gasteiger partial charge on any atom is 0.232 e. The molecular weight excluding hydrogens is 394 g/mol. The van der Waals surface area contributed by atoms with E-state index in [1.54, 1.807) is 17.9 Å². The lowest BCUT2D eigenvalue weighted by molar-refractivity contribution is -0.123. The Balaban J connectivity index is 1.73. The third kappa shape index (κ3) is 4.51. The number of carbonyl (C=O) groups excluding carboxylic acids is 1. The second kappa shape index (κ2) is 8.98. The molecule has 6 nitrogen and oxygen atoms in total. The number of aromatic nitrogens is 1. The summed E-state index contributed by atoms with van der Waals surface area (Å²) in [4.78, 5) is 19.5. The van der Waals surface area contributed by atoms with Gasteiger partial charge in [-0.1, -0.05) is 36.4 Å². The molecule has 0 atom stereocenters. The van der Waals surface area contributed by atoms with Crippen molar-refractivity contribution in [2.24, 2.45) is 5.92 Å². The summed E-state index contributed by atoms with van der Waals surface area (Å²) < 4.78 is 25.6. The molecule has 2 heterocycles. The fourth-order valence-electron chi connectivity index (χ4n) is 3.31. The van der Waals surface area contributed by atoms with Gasteiger partial charge >= 0.3 is 0 Å². The minimum Gasteiger partial charge on any atom is -0.284 e. The van der Waals surface area contributed by atoms with Gasteiger partial charge < -0.3 is 0 Å². The SMILES string of the molecule is C=CCN(C(=O)C1CCN(S(=O)(=O)CC)CC1)c1nc(-c2ccccc2)cs1. The average Bonchev–Trinajstić information content (AvgIpc) is 3.22. The van der Waals surface area contributed by atoms with Gasteiger partial charge in [-0.05, 0) is 19.8 Å². The molecule has 1 aliphatic heterocycles. The monoisotopic (exact) mass is 419 g/mol. The van der Waals surface area contributed by atoms with Crippen LogP contribution in [0.2, 0.25) is 0 Å². The second-order valence-corrected chi connectivity index (χ2v) is 9.79. The molecule has 0 N–H and O–H groups in total. The predicted octanol–water partition coefficient (Wildman–Crippen LogP) is 3.39. The Labute approximate surface area is 170 Å². The van der Waals surface area contributed by atoms with Crippen molar-refractivity contribution in [3.8, 4) is 11.3 Å². The third-order valence-corrected chi connectivity index (χ3v) is 7.68. The van der Waals surface area contributed by atoms with Crippen molar-refractivity contribution in [2.45, 2.75) is 19.8 Å². The van der Waals surface area contributed by atoms with Crippen molar-refractivity contribution >= 4 is 32.4 Å². The van der Waals surface area contributed by atoms with Crippen LogP contribution < -0.4 is 4.90 Å². The van der Waals surface area contributed by atoms with Crippen molar-refractivity contribution < 1.29 is 13.2 Å². The highest BCUT2D eigenvalue weighted by Gasteiger charge is 2.33. The second-order valence-electron chi connectivity index (χ2n) is 6.69. The Hall–Kier alpha value is -2.03. The van der Waals surface area contributed by atoms with Gasteiger partial charge in [-0.3, -0.25) is 9.69 Å². The summed E-state index contributed by atoms with van der Waals surface area (Å²) in [5.74, 6) is -0.120. The highest BCUT2D eigenvalue weighted by atomic mass is 32.2. The van der Waals surface area contributed by atoms with E-state index in [1.807, 2.05) is 35.7 Å². The van der Waals surface area contributed by atoms with Crippen LogP contribution in [0, 0.1) is 5.92 Å². The molecule has 0 radical (unpaired) electrons. The molecular formula is C20H25N3O3S2. The lowest BCUT2D eigenvalue weighted by Crippen LogP contribution is -2.45. The Bertz CT molecular complexity index is 917. The highest BCUT2D eigenvalue weighted by molar-refractivity contribution is 7.89. The zero-order valence-electron chi connectivity index (χ0n) is 16.0. The topological polar surface area (TPSA) is 70.6 Å². The largest absolute Gasteiger partial charge is 0.284 e. The first-order valence-electron chi connectivity index (χ1n) is 9.37. The van der Waals surface area contributed by atoms with Crippen LogP contribution in [0.25, 0.3) is 11.3 Å². The normalized spacial score (nSPS) is 16.0. The van der Waals surface area contributed by atoms with E-state index in [2.05, 4.69) is 11.6 Å². The first-order valence-corrected chi connectivity index (χ1v) is 11.9. The van der Waals surface area contributed by atoms with Gasteiger partial charge in [0.2, 0.25) is 15.9 Å². The number of anilines is 1. The number of hydrogen-bond donors (Lipinski definition) is 0. The number of hydrogen-bond acceptors (Lipinski definition) is 5. The van der Waals surface area contributed by atoms with E-state index >= 15 is 0 Å². The molecule has 1 amide bonds. The number of benzene rings is 1. The van der Waals surface area contributed by atoms with Gasteiger partial charge in [-0.15, -0.1) is 17.9 Å². The first kappa shape index (κ1) is 20.7. The molecule has 0 aliphatic carbocycles. The summed E-state index contributed by atoms with van der Waals surface area (Å²) in [7, 11) is -3.20. The summed E-state index contributed by atoms with van der Waals surface area (Å²) >= 11 is 1.43. The van der Waals surface area contributed by atoms with Crippen molar-refractivity contribution in [3.63, 3.8) is 0 Å². The number of nitrogens with zero attached hydrogens (tertiary/aromatic N) is 3. The van der Waals surface area contributed by atoms with Crippen LogP contribution in [0.3, 0.4) is 0 Å². The molecule has 150 valence electrons. The fraction of sp³-hybridized carbons (Fsp3) is 0.400. The lowest BCUT2D eigenvalue weighted by Gasteiger charge is -2.32. The Kier molecular flexibility index (Phi) is 6.64. The summed E-state index contributed by atoms with van der Waals surface area (Å²) in [6.07, 6.45) is 2.75. The van der Waals surface area contributed by atoms with Crippen LogP contribution in [0.5, 0.6) is 0 Å². The molecule has 1 saturated heterocycles. The summed E-state index contributed by atoms with van der Waals surface area (Å²) in [5.41, 5.74) is 1.85. The zero-order valence-corrected chi connectivity index (χ0v) is 17.6. The molecule has 8 heteroatoms. The molecule has 3 rings (SSSR count). The fourth-order valence-corrected chi connectivity index (χ4v) is 5.29. The van der Waals surface area contributed by atoms with E-state index in [0.29, 0.717) is 37.6 Å². The molecule has 0 bridgehead atoms. The minimum absolute atomic E-state index is 0.0117. The van der Waals surface area contributed by atoms with E-state index in [-0.39, 0.29) is 17.6 Å². The van der Waals surface area contributed by atoms with Crippen LogP contribution in [-0.2, 0) is 14.8 Å².